The van der Waals surface area contributed by atoms with Gasteiger partial charge < -0.3 is 14.8 Å². The molecule has 4 nitrogen and oxygen atoms in total. The molecule has 100 valence electrons. The molecule has 0 saturated carbocycles. The van der Waals surface area contributed by atoms with Crippen LogP contribution in [0.25, 0.3) is 0 Å². The zero-order valence-corrected chi connectivity index (χ0v) is 11.8. The number of ether oxygens (including phenoxy) is 2. The Bertz CT molecular complexity index is 396. The fourth-order valence-corrected chi connectivity index (χ4v) is 1.96. The molecule has 0 fully saturated rings. The number of hydrogen-bond donors (Lipinski definition) is 1. The Kier molecular flexibility index (Phi) is 6.60. The van der Waals surface area contributed by atoms with E-state index >= 15 is 0 Å². The van der Waals surface area contributed by atoms with Crippen LogP contribution < -0.4 is 10.1 Å². The van der Waals surface area contributed by atoms with Gasteiger partial charge in [-0.2, -0.15) is 0 Å². The highest BCUT2D eigenvalue weighted by Crippen LogP contribution is 2.24. The molecule has 1 N–H and O–H groups in total. The average molecular weight is 269 g/mol. The lowest BCUT2D eigenvalue weighted by Crippen LogP contribution is -2.06. The van der Waals surface area contributed by atoms with Crippen LogP contribution in [0.5, 0.6) is 5.75 Å². The molecule has 0 aliphatic heterocycles. The third kappa shape index (κ3) is 4.58. The van der Waals surface area contributed by atoms with Gasteiger partial charge in [0.15, 0.2) is 0 Å². The number of carbonyl (C=O) groups is 1. The van der Waals surface area contributed by atoms with Gasteiger partial charge in [-0.15, -0.1) is 0 Å². The van der Waals surface area contributed by atoms with E-state index in [-0.39, 0.29) is 5.24 Å². The number of hydrogen-bond acceptors (Lipinski definition) is 4. The van der Waals surface area contributed by atoms with Crippen LogP contribution in [-0.4, -0.2) is 24.7 Å². The van der Waals surface area contributed by atoms with Gasteiger partial charge in [0.25, 0.3) is 5.24 Å². The number of methoxy groups -OCH3 is 1. The SMILES string of the molecule is CCOc1ccc(NC(=O)SCC)cc1COC. The lowest BCUT2D eigenvalue weighted by Gasteiger charge is -2.12. The summed E-state index contributed by atoms with van der Waals surface area (Å²) in [6.07, 6.45) is 0. The second kappa shape index (κ2) is 8.00. The molecule has 1 aromatic rings. The molecule has 1 aromatic carbocycles. The third-order valence-corrected chi connectivity index (χ3v) is 2.83. The van der Waals surface area contributed by atoms with Crippen LogP contribution in [0.1, 0.15) is 19.4 Å². The second-order valence-electron chi connectivity index (χ2n) is 3.53. The summed E-state index contributed by atoms with van der Waals surface area (Å²) < 4.78 is 10.6. The summed E-state index contributed by atoms with van der Waals surface area (Å²) in [6, 6.07) is 5.56. The molecule has 0 atom stereocenters. The molecular formula is C13H19NO3S. The summed E-state index contributed by atoms with van der Waals surface area (Å²) in [5.41, 5.74) is 1.69. The van der Waals surface area contributed by atoms with Gasteiger partial charge in [-0.25, -0.2) is 0 Å². The van der Waals surface area contributed by atoms with Crippen molar-refractivity contribution in [1.82, 2.24) is 0 Å². The van der Waals surface area contributed by atoms with E-state index in [0.29, 0.717) is 13.2 Å². The molecule has 0 aliphatic carbocycles. The van der Waals surface area contributed by atoms with Gasteiger partial charge in [0.1, 0.15) is 5.75 Å². The van der Waals surface area contributed by atoms with Crippen LogP contribution in [0.2, 0.25) is 0 Å². The van der Waals surface area contributed by atoms with Crippen LogP contribution in [-0.2, 0) is 11.3 Å². The molecular weight excluding hydrogens is 250 g/mol. The number of nitrogens with one attached hydrogen (secondary N) is 1. The van der Waals surface area contributed by atoms with E-state index in [1.807, 2.05) is 32.0 Å². The van der Waals surface area contributed by atoms with E-state index in [9.17, 15) is 4.79 Å². The van der Waals surface area contributed by atoms with Crippen molar-refractivity contribution in [3.63, 3.8) is 0 Å². The van der Waals surface area contributed by atoms with E-state index in [0.717, 1.165) is 22.8 Å². The molecule has 0 aliphatic rings. The summed E-state index contributed by atoms with van der Waals surface area (Å²) in [7, 11) is 1.63. The summed E-state index contributed by atoms with van der Waals surface area (Å²) in [6.45, 7) is 4.94. The van der Waals surface area contributed by atoms with Gasteiger partial charge in [-0.05, 0) is 30.9 Å². The molecule has 18 heavy (non-hydrogen) atoms. The number of thioether (sulfide) groups is 1. The van der Waals surface area contributed by atoms with Crippen molar-refractivity contribution < 1.29 is 14.3 Å². The van der Waals surface area contributed by atoms with E-state index in [2.05, 4.69) is 5.32 Å². The van der Waals surface area contributed by atoms with Gasteiger partial charge in [0, 0.05) is 18.4 Å². The van der Waals surface area contributed by atoms with Crippen molar-refractivity contribution in [3.05, 3.63) is 23.8 Å². The number of anilines is 1. The normalized spacial score (nSPS) is 10.2. The maximum atomic E-state index is 11.5. The maximum Gasteiger partial charge on any atom is 0.283 e. The van der Waals surface area contributed by atoms with Gasteiger partial charge >= 0.3 is 0 Å². The zero-order valence-electron chi connectivity index (χ0n) is 11.0. The average Bonchev–Trinajstić information content (AvgIpc) is 2.33. The molecule has 0 unspecified atom stereocenters. The van der Waals surface area contributed by atoms with Crippen molar-refractivity contribution >= 4 is 22.7 Å². The van der Waals surface area contributed by atoms with E-state index in [1.54, 1.807) is 7.11 Å². The largest absolute Gasteiger partial charge is 0.494 e. The predicted molar refractivity (Wildman–Crippen MR) is 75.5 cm³/mol. The molecule has 0 spiro atoms. The summed E-state index contributed by atoms with van der Waals surface area (Å²) in [4.78, 5) is 11.5. The summed E-state index contributed by atoms with van der Waals surface area (Å²) in [5, 5.41) is 2.77. The molecule has 0 bridgehead atoms. The van der Waals surface area contributed by atoms with Crippen molar-refractivity contribution in [2.24, 2.45) is 0 Å². The summed E-state index contributed by atoms with van der Waals surface area (Å²) in [5.74, 6) is 1.55. The molecule has 1 amide bonds. The minimum atomic E-state index is -0.0509. The Morgan fingerprint density at radius 3 is 2.78 bits per heavy atom. The van der Waals surface area contributed by atoms with E-state index in [1.165, 1.54) is 11.8 Å². The Balaban J connectivity index is 2.81. The van der Waals surface area contributed by atoms with Crippen molar-refractivity contribution in [2.75, 3.05) is 24.8 Å². The first-order valence-electron chi connectivity index (χ1n) is 5.89. The second-order valence-corrected chi connectivity index (χ2v) is 4.77. The lowest BCUT2D eigenvalue weighted by molar-refractivity contribution is 0.180. The Labute approximate surface area is 112 Å². The first-order valence-corrected chi connectivity index (χ1v) is 6.88. The zero-order chi connectivity index (χ0) is 13.4. The lowest BCUT2D eigenvalue weighted by atomic mass is 10.2. The molecule has 0 heterocycles. The van der Waals surface area contributed by atoms with Crippen LogP contribution >= 0.6 is 11.8 Å². The number of rotatable bonds is 6. The van der Waals surface area contributed by atoms with Crippen molar-refractivity contribution in [1.29, 1.82) is 0 Å². The van der Waals surface area contributed by atoms with Crippen molar-refractivity contribution in [2.45, 2.75) is 20.5 Å². The Morgan fingerprint density at radius 2 is 2.17 bits per heavy atom. The van der Waals surface area contributed by atoms with Gasteiger partial charge in [-0.1, -0.05) is 18.7 Å². The highest BCUT2D eigenvalue weighted by Gasteiger charge is 2.07. The third-order valence-electron chi connectivity index (χ3n) is 2.18. The molecule has 0 radical (unpaired) electrons. The van der Waals surface area contributed by atoms with Crippen LogP contribution in [0.15, 0.2) is 18.2 Å². The number of amides is 1. The Morgan fingerprint density at radius 1 is 1.39 bits per heavy atom. The highest BCUT2D eigenvalue weighted by molar-refractivity contribution is 8.13. The van der Waals surface area contributed by atoms with Crippen LogP contribution in [0, 0.1) is 0 Å². The standard InChI is InChI=1S/C13H19NO3S/c1-4-17-12-7-6-11(8-10(12)9-16-3)14-13(15)18-5-2/h6-8H,4-5,9H2,1-3H3,(H,14,15). The Hall–Kier alpha value is -1.20. The molecule has 0 aromatic heterocycles. The summed E-state index contributed by atoms with van der Waals surface area (Å²) >= 11 is 1.25. The van der Waals surface area contributed by atoms with Crippen LogP contribution in [0.3, 0.4) is 0 Å². The molecule has 0 saturated heterocycles. The minimum absolute atomic E-state index is 0.0509. The van der Waals surface area contributed by atoms with Gasteiger partial charge in [0.05, 0.1) is 13.2 Å². The molecule has 1 rings (SSSR count). The van der Waals surface area contributed by atoms with E-state index < -0.39 is 0 Å². The minimum Gasteiger partial charge on any atom is -0.494 e. The monoisotopic (exact) mass is 269 g/mol. The maximum absolute atomic E-state index is 11.5. The smallest absolute Gasteiger partial charge is 0.283 e. The van der Waals surface area contributed by atoms with Crippen LogP contribution in [0.4, 0.5) is 10.5 Å². The first kappa shape index (κ1) is 14.9. The highest BCUT2D eigenvalue weighted by atomic mass is 32.2. The molecule has 5 heteroatoms. The van der Waals surface area contributed by atoms with Gasteiger partial charge in [0.2, 0.25) is 0 Å². The first-order chi connectivity index (χ1) is 8.71. The number of benzene rings is 1. The quantitative estimate of drug-likeness (QED) is 0.858. The fraction of sp³-hybridized carbons (Fsp3) is 0.462. The van der Waals surface area contributed by atoms with Gasteiger partial charge in [-0.3, -0.25) is 4.79 Å². The predicted octanol–water partition coefficient (Wildman–Crippen LogP) is 3.52. The topological polar surface area (TPSA) is 47.6 Å². The van der Waals surface area contributed by atoms with Crippen molar-refractivity contribution in [3.8, 4) is 5.75 Å². The number of carbonyl (C=O) groups excluding carboxylic acids is 1. The fourth-order valence-electron chi connectivity index (χ4n) is 1.51. The van der Waals surface area contributed by atoms with E-state index in [4.69, 9.17) is 9.47 Å².